The molecule has 0 spiro atoms. The normalized spacial score (nSPS) is 16.9. The molecule has 0 amide bonds. The molecule has 0 aliphatic heterocycles. The van der Waals surface area contributed by atoms with Gasteiger partial charge in [0.25, 0.3) is 0 Å². The highest BCUT2D eigenvalue weighted by Gasteiger charge is 2.18. The van der Waals surface area contributed by atoms with Crippen LogP contribution in [-0.2, 0) is 0 Å². The Balaban J connectivity index is 1.21. The predicted molar refractivity (Wildman–Crippen MR) is 167 cm³/mol. The Morgan fingerprint density at radius 2 is 1.46 bits per heavy atom. The summed E-state index contributed by atoms with van der Waals surface area (Å²) in [6.07, 6.45) is 14.5. The van der Waals surface area contributed by atoms with Gasteiger partial charge in [0.2, 0.25) is 0 Å². The number of hydrogen-bond donors (Lipinski definition) is 2. The lowest BCUT2D eigenvalue weighted by Crippen LogP contribution is -2.16. The largest absolute Gasteiger partial charge is 0.456 e. The lowest BCUT2D eigenvalue weighted by Gasteiger charge is -2.15. The second kappa shape index (κ2) is 9.07. The number of benzene rings is 4. The topological polar surface area (TPSA) is 88.5 Å². The number of para-hydroxylation sites is 1. The van der Waals surface area contributed by atoms with E-state index < -0.39 is 0 Å². The van der Waals surface area contributed by atoms with E-state index >= 15 is 0 Å². The van der Waals surface area contributed by atoms with E-state index in [1.54, 1.807) is 0 Å². The van der Waals surface area contributed by atoms with Crippen LogP contribution in [-0.4, -0.2) is 11.7 Å². The van der Waals surface area contributed by atoms with Crippen molar-refractivity contribution < 1.29 is 8.83 Å². The molecule has 2 aromatic heterocycles. The van der Waals surface area contributed by atoms with Crippen molar-refractivity contribution in [1.82, 2.24) is 0 Å². The molecule has 3 N–H and O–H groups in total. The first-order valence-electron chi connectivity index (χ1n) is 13.7. The summed E-state index contributed by atoms with van der Waals surface area (Å²) in [5.74, 6) is 0.783. The molecule has 6 aromatic rings. The van der Waals surface area contributed by atoms with Crippen molar-refractivity contribution in [2.24, 2.45) is 16.6 Å². The molecule has 0 saturated heterocycles. The van der Waals surface area contributed by atoms with Gasteiger partial charge in [-0.3, -0.25) is 5.41 Å². The van der Waals surface area contributed by atoms with Crippen molar-refractivity contribution in [1.29, 1.82) is 5.41 Å². The van der Waals surface area contributed by atoms with Gasteiger partial charge in [0.1, 0.15) is 28.2 Å². The maximum absolute atomic E-state index is 8.90. The summed E-state index contributed by atoms with van der Waals surface area (Å²) in [5, 5.41) is 12.6. The molecule has 0 saturated carbocycles. The second-order valence-corrected chi connectivity index (χ2v) is 10.5. The van der Waals surface area contributed by atoms with E-state index in [1.165, 1.54) is 5.57 Å². The number of allylic oxidation sites excluding steroid dienone is 8. The Labute approximate surface area is 235 Å². The van der Waals surface area contributed by atoms with Crippen LogP contribution in [0.25, 0.3) is 49.5 Å². The maximum Gasteiger partial charge on any atom is 0.154 e. The molecule has 2 bridgehead atoms. The summed E-state index contributed by atoms with van der Waals surface area (Å²) in [7, 11) is 0. The van der Waals surface area contributed by atoms with Gasteiger partial charge in [0.15, 0.2) is 5.84 Å². The number of furan rings is 2. The van der Waals surface area contributed by atoms with E-state index in [1.807, 2.05) is 60.7 Å². The van der Waals surface area contributed by atoms with Crippen molar-refractivity contribution in [3.8, 4) is 0 Å². The van der Waals surface area contributed by atoms with Crippen molar-refractivity contribution in [3.63, 3.8) is 0 Å². The van der Waals surface area contributed by atoms with Gasteiger partial charge >= 0.3 is 0 Å². The van der Waals surface area contributed by atoms with Gasteiger partial charge < -0.3 is 14.6 Å². The lowest BCUT2D eigenvalue weighted by atomic mass is 9.90. The Morgan fingerprint density at radius 3 is 2.29 bits per heavy atom. The first-order chi connectivity index (χ1) is 20.1. The average Bonchev–Trinajstić information content (AvgIpc) is 3.55. The summed E-state index contributed by atoms with van der Waals surface area (Å²) < 4.78 is 12.3. The number of aliphatic imine (C=N–C) groups is 1. The highest BCUT2D eigenvalue weighted by atomic mass is 16.3. The van der Waals surface area contributed by atoms with Crippen LogP contribution < -0.4 is 5.73 Å². The summed E-state index contributed by atoms with van der Waals surface area (Å²) in [5.41, 5.74) is 14.5. The second-order valence-electron chi connectivity index (χ2n) is 10.5. The van der Waals surface area contributed by atoms with Crippen molar-refractivity contribution in [2.75, 3.05) is 0 Å². The number of hydrogen-bond acceptors (Lipinski definition) is 3. The third kappa shape index (κ3) is 3.85. The molecule has 1 atom stereocenters. The molecule has 2 heterocycles. The van der Waals surface area contributed by atoms with Crippen LogP contribution in [0.3, 0.4) is 0 Å². The Hall–Kier alpha value is -5.42. The van der Waals surface area contributed by atoms with Crippen LogP contribution in [0.15, 0.2) is 135 Å². The Morgan fingerprint density at radius 1 is 0.756 bits per heavy atom. The average molecular weight is 532 g/mol. The summed E-state index contributed by atoms with van der Waals surface area (Å²) in [4.78, 5) is 4.59. The monoisotopic (exact) mass is 531 g/mol. The number of rotatable bonds is 3. The van der Waals surface area contributed by atoms with Gasteiger partial charge in [0, 0.05) is 32.7 Å². The van der Waals surface area contributed by atoms with Crippen LogP contribution in [0.5, 0.6) is 0 Å². The van der Waals surface area contributed by atoms with Crippen LogP contribution >= 0.6 is 0 Å². The number of nitrogens with zero attached hydrogens (tertiary/aromatic N) is 1. The summed E-state index contributed by atoms with van der Waals surface area (Å²) >= 11 is 0. The van der Waals surface area contributed by atoms with Gasteiger partial charge in [-0.2, -0.15) is 0 Å². The minimum Gasteiger partial charge on any atom is -0.456 e. The van der Waals surface area contributed by atoms with Crippen LogP contribution in [0.2, 0.25) is 0 Å². The molecular weight excluding hydrogens is 506 g/mol. The quantitative estimate of drug-likeness (QED) is 0.177. The minimum absolute atomic E-state index is 0.0763. The molecule has 5 nitrogen and oxygen atoms in total. The standard InChI is InChI=1S/C36H25N3O2/c37-35(27-6-3-9-30-33(27)25-5-1-2-8-29(25)40-30)39-36(38)28-7-4-10-31-34(28)26-18-17-24(20-32(26)41-31)23-16-15-21-11-13-22(19-23)14-12-21/h1-11,13-21H,12H2,(H3,37,38,39). The predicted octanol–water partition coefficient (Wildman–Crippen LogP) is 8.67. The van der Waals surface area contributed by atoms with Gasteiger partial charge in [-0.1, -0.05) is 78.9 Å². The van der Waals surface area contributed by atoms with E-state index in [4.69, 9.17) is 20.0 Å². The molecule has 3 aliphatic rings. The number of fused-ring (bicyclic) bond motifs is 8. The van der Waals surface area contributed by atoms with E-state index in [9.17, 15) is 0 Å². The Bertz CT molecular complexity index is 2220. The van der Waals surface area contributed by atoms with Crippen LogP contribution in [0.4, 0.5) is 0 Å². The van der Waals surface area contributed by atoms with Crippen molar-refractivity contribution >= 4 is 61.1 Å². The Kier molecular flexibility index (Phi) is 5.19. The highest BCUT2D eigenvalue weighted by Crippen LogP contribution is 2.35. The zero-order chi connectivity index (χ0) is 27.5. The van der Waals surface area contributed by atoms with Crippen LogP contribution in [0.1, 0.15) is 23.1 Å². The maximum atomic E-state index is 8.90. The SMILES string of the molecule is N=C(N=C(N)c1cccc2oc3cc(C4=CC5=CCC(C=C5)C=C4)ccc3c12)c1cccc2oc3ccccc3c12. The van der Waals surface area contributed by atoms with E-state index in [0.717, 1.165) is 67.0 Å². The summed E-state index contributed by atoms with van der Waals surface area (Å²) in [6.45, 7) is 0. The molecule has 196 valence electrons. The number of amidine groups is 2. The first kappa shape index (κ1) is 23.5. The fourth-order valence-electron chi connectivity index (χ4n) is 5.97. The minimum atomic E-state index is 0.0763. The lowest BCUT2D eigenvalue weighted by molar-refractivity contribution is 0.668. The van der Waals surface area contributed by atoms with Gasteiger partial charge in [-0.15, -0.1) is 0 Å². The zero-order valence-corrected chi connectivity index (χ0v) is 22.1. The van der Waals surface area contributed by atoms with Crippen molar-refractivity contribution in [3.05, 3.63) is 138 Å². The molecule has 1 unspecified atom stereocenters. The molecule has 9 rings (SSSR count). The third-order valence-corrected chi connectivity index (χ3v) is 8.00. The smallest absolute Gasteiger partial charge is 0.154 e. The van der Waals surface area contributed by atoms with Crippen LogP contribution in [0, 0.1) is 11.3 Å². The molecule has 3 aliphatic carbocycles. The molecule has 5 heteroatoms. The molecule has 0 fully saturated rings. The van der Waals surface area contributed by atoms with Crippen molar-refractivity contribution in [2.45, 2.75) is 6.42 Å². The molecular formula is C36H25N3O2. The fraction of sp³-hybridized carbons (Fsp3) is 0.0556. The first-order valence-corrected chi connectivity index (χ1v) is 13.7. The van der Waals surface area contributed by atoms with E-state index in [2.05, 4.69) is 59.6 Å². The highest BCUT2D eigenvalue weighted by molar-refractivity contribution is 6.23. The third-order valence-electron chi connectivity index (χ3n) is 8.00. The summed E-state index contributed by atoms with van der Waals surface area (Å²) in [6, 6.07) is 25.6. The molecule has 41 heavy (non-hydrogen) atoms. The van der Waals surface area contributed by atoms with Gasteiger partial charge in [-0.05, 0) is 65.5 Å². The molecule has 4 aromatic carbocycles. The van der Waals surface area contributed by atoms with E-state index in [-0.39, 0.29) is 11.7 Å². The number of nitrogens with two attached hydrogens (primary N) is 1. The molecule has 0 radical (unpaired) electrons. The number of nitrogens with one attached hydrogen (secondary N) is 1. The zero-order valence-electron chi connectivity index (χ0n) is 22.1. The van der Waals surface area contributed by atoms with Gasteiger partial charge in [-0.25, -0.2) is 4.99 Å². The van der Waals surface area contributed by atoms with Gasteiger partial charge in [0.05, 0.1) is 0 Å². The van der Waals surface area contributed by atoms with E-state index in [0.29, 0.717) is 11.5 Å². The fourth-order valence-corrected chi connectivity index (χ4v) is 5.97.